The van der Waals surface area contributed by atoms with E-state index in [-0.39, 0.29) is 50.9 Å². The van der Waals surface area contributed by atoms with Gasteiger partial charge in [-0.1, -0.05) is 36.4 Å². The van der Waals surface area contributed by atoms with E-state index in [2.05, 4.69) is 30.3 Å². The first-order valence-electron chi connectivity index (χ1n) is 12.2. The van der Waals surface area contributed by atoms with E-state index in [1.807, 2.05) is 36.4 Å². The van der Waals surface area contributed by atoms with Crippen LogP contribution < -0.4 is 5.32 Å². The molecule has 0 atom stereocenters. The van der Waals surface area contributed by atoms with E-state index >= 15 is 0 Å². The van der Waals surface area contributed by atoms with Gasteiger partial charge < -0.3 is 20.6 Å². The molecule has 13 heteroatoms. The molecule has 1 heterocycles. The number of phenolic OH excluding ortho intramolecular Hbond substituents is 2. The largest absolute Gasteiger partial charge is 0.507 e. The van der Waals surface area contributed by atoms with Crippen LogP contribution in [0.3, 0.4) is 0 Å². The second-order valence-corrected chi connectivity index (χ2v) is 9.00. The van der Waals surface area contributed by atoms with Crippen molar-refractivity contribution >= 4 is 64.6 Å². The Morgan fingerprint density at radius 2 is 1.12 bits per heavy atom. The van der Waals surface area contributed by atoms with Crippen LogP contribution in [0.5, 0.6) is 11.5 Å². The maximum Gasteiger partial charge on any atom is 0.335 e. The third kappa shape index (κ3) is 9.92. The third-order valence-electron chi connectivity index (χ3n) is 5.41. The van der Waals surface area contributed by atoms with Crippen molar-refractivity contribution in [3.05, 3.63) is 124 Å². The van der Waals surface area contributed by atoms with E-state index in [1.165, 1.54) is 12.1 Å². The molecule has 4 aromatic carbocycles. The summed E-state index contributed by atoms with van der Waals surface area (Å²) >= 11 is 11.2. The SMILES string of the molecule is O=C(O)c1ccc(Nc2nc(Cl)nc(Cl)n2)cc1.Oc1ccccc1C=Nc1ccccc1N=Cc1ccccc1O.[Cr]. The predicted octanol–water partition coefficient (Wildman–Crippen LogP) is 7.22. The van der Waals surface area contributed by atoms with Gasteiger partial charge in [-0.15, -0.1) is 0 Å². The number of hydrogen-bond acceptors (Lipinski definition) is 9. The van der Waals surface area contributed by atoms with Crippen LogP contribution in [0.4, 0.5) is 23.0 Å². The van der Waals surface area contributed by atoms with Gasteiger partial charge in [0.2, 0.25) is 16.5 Å². The van der Waals surface area contributed by atoms with Crippen LogP contribution in [0.1, 0.15) is 21.5 Å². The summed E-state index contributed by atoms with van der Waals surface area (Å²) in [5.74, 6) is -0.455. The van der Waals surface area contributed by atoms with E-state index in [9.17, 15) is 15.0 Å². The summed E-state index contributed by atoms with van der Waals surface area (Å²) in [7, 11) is 0. The van der Waals surface area contributed by atoms with Gasteiger partial charge in [0.25, 0.3) is 0 Å². The molecule has 0 unspecified atom stereocenters. The molecule has 4 N–H and O–H groups in total. The summed E-state index contributed by atoms with van der Waals surface area (Å²) < 4.78 is 0. The van der Waals surface area contributed by atoms with E-state index in [0.29, 0.717) is 28.2 Å². The summed E-state index contributed by atoms with van der Waals surface area (Å²) in [5.41, 5.74) is 3.42. The number of hydrogen-bond donors (Lipinski definition) is 4. The summed E-state index contributed by atoms with van der Waals surface area (Å²) in [6, 6.07) is 27.5. The summed E-state index contributed by atoms with van der Waals surface area (Å²) in [6.07, 6.45) is 3.20. The quantitative estimate of drug-likeness (QED) is 0.134. The zero-order chi connectivity index (χ0) is 29.9. The van der Waals surface area contributed by atoms with Crippen molar-refractivity contribution in [3.8, 4) is 11.5 Å². The fourth-order valence-electron chi connectivity index (χ4n) is 3.36. The fraction of sp³-hybridized carbons (Fsp3) is 0. The number of halogens is 2. The first-order valence-corrected chi connectivity index (χ1v) is 12.9. The molecule has 10 nitrogen and oxygen atoms in total. The molecule has 0 fully saturated rings. The van der Waals surface area contributed by atoms with Crippen LogP contribution in [0.15, 0.2) is 107 Å². The van der Waals surface area contributed by atoms with Gasteiger partial charge >= 0.3 is 5.97 Å². The smallest absolute Gasteiger partial charge is 0.335 e. The zero-order valence-electron chi connectivity index (χ0n) is 22.0. The van der Waals surface area contributed by atoms with E-state index in [0.717, 1.165) is 0 Å². The predicted molar refractivity (Wildman–Crippen MR) is 164 cm³/mol. The summed E-state index contributed by atoms with van der Waals surface area (Å²) in [5, 5.41) is 31.1. The van der Waals surface area contributed by atoms with Crippen molar-refractivity contribution in [1.82, 2.24) is 15.0 Å². The average molecular weight is 653 g/mol. The van der Waals surface area contributed by atoms with Crippen molar-refractivity contribution in [2.75, 3.05) is 5.32 Å². The molecule has 5 aromatic rings. The van der Waals surface area contributed by atoms with Gasteiger partial charge in [0.05, 0.1) is 16.9 Å². The molecule has 0 spiro atoms. The molecule has 0 aliphatic carbocycles. The van der Waals surface area contributed by atoms with E-state index in [4.69, 9.17) is 28.3 Å². The van der Waals surface area contributed by atoms with Crippen molar-refractivity contribution in [3.63, 3.8) is 0 Å². The molecular weight excluding hydrogens is 631 g/mol. The molecule has 0 radical (unpaired) electrons. The first-order chi connectivity index (χ1) is 20.3. The Hall–Kier alpha value is -4.79. The third-order valence-corrected chi connectivity index (χ3v) is 5.75. The van der Waals surface area contributed by atoms with Crippen LogP contribution in [-0.2, 0) is 17.4 Å². The second-order valence-electron chi connectivity index (χ2n) is 8.33. The number of aromatic carboxylic acids is 1. The van der Waals surface area contributed by atoms with Crippen LogP contribution >= 0.6 is 23.2 Å². The monoisotopic (exact) mass is 652 g/mol. The number of carbonyl (C=O) groups is 1. The van der Waals surface area contributed by atoms with Crippen LogP contribution in [-0.4, -0.2) is 48.7 Å². The number of benzene rings is 4. The minimum absolute atomic E-state index is 0. The van der Waals surface area contributed by atoms with Crippen molar-refractivity contribution in [2.24, 2.45) is 9.98 Å². The Bertz CT molecular complexity index is 1660. The van der Waals surface area contributed by atoms with E-state index in [1.54, 1.807) is 61.0 Å². The van der Waals surface area contributed by atoms with Gasteiger partial charge in [-0.3, -0.25) is 9.98 Å². The van der Waals surface area contributed by atoms with Crippen molar-refractivity contribution < 1.29 is 37.5 Å². The topological polar surface area (TPSA) is 153 Å². The minimum Gasteiger partial charge on any atom is -0.507 e. The molecule has 0 aliphatic heterocycles. The molecule has 0 amide bonds. The number of para-hydroxylation sites is 4. The molecule has 1 aromatic heterocycles. The van der Waals surface area contributed by atoms with Crippen LogP contribution in [0.2, 0.25) is 10.6 Å². The Morgan fingerprint density at radius 1 is 0.674 bits per heavy atom. The number of aromatic hydroxyl groups is 2. The van der Waals surface area contributed by atoms with E-state index < -0.39 is 5.97 Å². The number of aliphatic imine (C=N–C) groups is 2. The van der Waals surface area contributed by atoms with Gasteiger partial charge in [-0.2, -0.15) is 15.0 Å². The number of aromatic nitrogens is 3. The Balaban J connectivity index is 0.000000239. The average Bonchev–Trinajstić information content (AvgIpc) is 2.97. The van der Waals surface area contributed by atoms with Crippen LogP contribution in [0.25, 0.3) is 0 Å². The molecule has 43 heavy (non-hydrogen) atoms. The molecule has 0 saturated heterocycles. The Kier molecular flexibility index (Phi) is 12.2. The van der Waals surface area contributed by atoms with Gasteiger partial charge in [0, 0.05) is 46.6 Å². The second kappa shape index (κ2) is 16.0. The molecule has 0 bridgehead atoms. The number of phenols is 2. The molecule has 0 aliphatic rings. The van der Waals surface area contributed by atoms with Gasteiger partial charge in [-0.05, 0) is 83.9 Å². The van der Waals surface area contributed by atoms with Crippen molar-refractivity contribution in [1.29, 1.82) is 0 Å². The standard InChI is InChI=1S/C20H16N2O2.C10H6Cl2N4O2.Cr/c23-19-11-5-1-7-15(19)13-21-17-9-3-4-10-18(17)22-14-16-8-2-6-12-20(16)24;11-8-14-9(12)16-10(15-8)13-6-3-1-5(2-4-6)7(17)18;/h1-14,23-24H;1-4H,(H,17,18)(H,13,14,15,16);. The molecular formula is C30H22Cl2CrN6O4. The minimum atomic E-state index is -0.993. The fourth-order valence-corrected chi connectivity index (χ4v) is 3.72. The van der Waals surface area contributed by atoms with Gasteiger partial charge in [0.15, 0.2) is 0 Å². The molecule has 5 rings (SSSR count). The number of anilines is 2. The maximum atomic E-state index is 10.7. The molecule has 216 valence electrons. The van der Waals surface area contributed by atoms with Gasteiger partial charge in [0.1, 0.15) is 11.5 Å². The normalized spacial score (nSPS) is 10.6. The zero-order valence-corrected chi connectivity index (χ0v) is 24.8. The van der Waals surface area contributed by atoms with Gasteiger partial charge in [-0.25, -0.2) is 4.79 Å². The summed E-state index contributed by atoms with van der Waals surface area (Å²) in [4.78, 5) is 30.7. The number of rotatable bonds is 7. The van der Waals surface area contributed by atoms with Crippen molar-refractivity contribution in [2.45, 2.75) is 0 Å². The number of carboxylic acids is 1. The number of nitrogens with one attached hydrogen (secondary N) is 1. The van der Waals surface area contributed by atoms with Crippen LogP contribution in [0, 0.1) is 0 Å². The Morgan fingerprint density at radius 3 is 1.56 bits per heavy atom. The number of carboxylic acid groups (broad SMARTS) is 1. The maximum absolute atomic E-state index is 10.7. The number of nitrogens with zero attached hydrogens (tertiary/aromatic N) is 5. The summed E-state index contributed by atoms with van der Waals surface area (Å²) in [6.45, 7) is 0. The first kappa shape index (κ1) is 32.7. The Labute approximate surface area is 267 Å². The molecule has 0 saturated carbocycles.